The van der Waals surface area contributed by atoms with Gasteiger partial charge in [-0.25, -0.2) is 4.79 Å². The van der Waals surface area contributed by atoms with Crippen LogP contribution in [-0.4, -0.2) is 39.5 Å². The Morgan fingerprint density at radius 2 is 1.61 bits per heavy atom. The number of carbonyl (C=O) groups excluding carboxylic acids is 2. The van der Waals surface area contributed by atoms with Gasteiger partial charge in [-0.05, 0) is 45.0 Å². The summed E-state index contributed by atoms with van der Waals surface area (Å²) in [4.78, 5) is 28.0. The van der Waals surface area contributed by atoms with E-state index in [4.69, 9.17) is 4.74 Å². The van der Waals surface area contributed by atoms with Crippen molar-refractivity contribution in [2.45, 2.75) is 26.8 Å². The van der Waals surface area contributed by atoms with Crippen LogP contribution in [0, 0.1) is 6.92 Å². The van der Waals surface area contributed by atoms with E-state index >= 15 is 0 Å². The number of aromatic nitrogens is 3. The Kier molecular flexibility index (Phi) is 5.84. The molecule has 1 amide bonds. The summed E-state index contributed by atoms with van der Waals surface area (Å²) in [5.41, 5.74) is 2.01. The SMILES string of the molecule is Cc1nn(-c2ccccc2)nc1C(=O)OCC(=O)N(c1ccccc1)C(C)C. The van der Waals surface area contributed by atoms with Gasteiger partial charge in [-0.3, -0.25) is 4.79 Å². The van der Waals surface area contributed by atoms with Crippen LogP contribution in [0.1, 0.15) is 30.0 Å². The van der Waals surface area contributed by atoms with Crippen molar-refractivity contribution in [2.75, 3.05) is 11.5 Å². The molecular weight excluding hydrogens is 356 g/mol. The first-order valence-electron chi connectivity index (χ1n) is 9.01. The lowest BCUT2D eigenvalue weighted by molar-refractivity contribution is -0.122. The summed E-state index contributed by atoms with van der Waals surface area (Å²) in [6.07, 6.45) is 0. The fraction of sp³-hybridized carbons (Fsp3) is 0.238. The second-order valence-electron chi connectivity index (χ2n) is 6.53. The van der Waals surface area contributed by atoms with E-state index in [1.807, 2.05) is 74.5 Å². The Labute approximate surface area is 163 Å². The number of carbonyl (C=O) groups is 2. The maximum atomic E-state index is 12.6. The highest BCUT2D eigenvalue weighted by Gasteiger charge is 2.23. The first kappa shape index (κ1) is 19.3. The lowest BCUT2D eigenvalue weighted by Crippen LogP contribution is -2.40. The van der Waals surface area contributed by atoms with Crippen molar-refractivity contribution in [1.29, 1.82) is 0 Å². The maximum absolute atomic E-state index is 12.6. The Balaban J connectivity index is 1.70. The minimum absolute atomic E-state index is 0.0747. The first-order valence-corrected chi connectivity index (χ1v) is 9.01. The number of amides is 1. The summed E-state index contributed by atoms with van der Waals surface area (Å²) in [6, 6.07) is 18.5. The van der Waals surface area contributed by atoms with E-state index in [0.717, 1.165) is 11.4 Å². The molecule has 0 bridgehead atoms. The highest BCUT2D eigenvalue weighted by Crippen LogP contribution is 2.17. The number of ether oxygens (including phenoxy) is 1. The van der Waals surface area contributed by atoms with E-state index in [2.05, 4.69) is 10.2 Å². The molecule has 0 saturated carbocycles. The van der Waals surface area contributed by atoms with Crippen LogP contribution in [0.25, 0.3) is 5.69 Å². The van der Waals surface area contributed by atoms with Crippen LogP contribution in [0.5, 0.6) is 0 Å². The number of hydrogen-bond donors (Lipinski definition) is 0. The molecule has 0 fully saturated rings. The van der Waals surface area contributed by atoms with E-state index in [1.165, 1.54) is 4.80 Å². The van der Waals surface area contributed by atoms with Crippen LogP contribution >= 0.6 is 0 Å². The van der Waals surface area contributed by atoms with Gasteiger partial charge in [0.05, 0.1) is 11.4 Å². The molecule has 3 aromatic rings. The zero-order valence-electron chi connectivity index (χ0n) is 16.1. The average Bonchev–Trinajstić information content (AvgIpc) is 3.09. The molecule has 0 unspecified atom stereocenters. The molecule has 2 aromatic carbocycles. The summed E-state index contributed by atoms with van der Waals surface area (Å²) in [7, 11) is 0. The number of esters is 1. The molecule has 0 aliphatic heterocycles. The molecule has 0 saturated heterocycles. The van der Waals surface area contributed by atoms with Gasteiger partial charge in [0, 0.05) is 11.7 Å². The van der Waals surface area contributed by atoms with E-state index in [-0.39, 0.29) is 24.2 Å². The van der Waals surface area contributed by atoms with Crippen LogP contribution in [-0.2, 0) is 9.53 Å². The summed E-state index contributed by atoms with van der Waals surface area (Å²) >= 11 is 0. The van der Waals surface area contributed by atoms with E-state index < -0.39 is 5.97 Å². The van der Waals surface area contributed by atoms with Crippen LogP contribution in [0.2, 0.25) is 0 Å². The number of rotatable bonds is 6. The van der Waals surface area contributed by atoms with E-state index in [1.54, 1.807) is 11.8 Å². The third-order valence-electron chi connectivity index (χ3n) is 4.11. The van der Waals surface area contributed by atoms with Crippen LogP contribution in [0.15, 0.2) is 60.7 Å². The molecule has 0 spiro atoms. The molecular formula is C21H22N4O3. The van der Waals surface area contributed by atoms with Gasteiger partial charge in [0.1, 0.15) is 0 Å². The van der Waals surface area contributed by atoms with Gasteiger partial charge in [0.25, 0.3) is 5.91 Å². The van der Waals surface area contributed by atoms with Crippen molar-refractivity contribution in [3.8, 4) is 5.69 Å². The summed E-state index contributed by atoms with van der Waals surface area (Å²) in [5.74, 6) is -0.979. The van der Waals surface area contributed by atoms with Gasteiger partial charge in [-0.1, -0.05) is 36.4 Å². The molecule has 3 rings (SSSR count). The first-order chi connectivity index (χ1) is 13.5. The molecule has 7 nitrogen and oxygen atoms in total. The van der Waals surface area contributed by atoms with Crippen LogP contribution in [0.3, 0.4) is 0 Å². The predicted octanol–water partition coefficient (Wildman–Crippen LogP) is 3.17. The highest BCUT2D eigenvalue weighted by atomic mass is 16.5. The molecule has 144 valence electrons. The van der Waals surface area contributed by atoms with Gasteiger partial charge in [0.2, 0.25) is 0 Å². The normalized spacial score (nSPS) is 10.7. The molecule has 7 heteroatoms. The Morgan fingerprint density at radius 3 is 2.21 bits per heavy atom. The molecule has 1 heterocycles. The smallest absolute Gasteiger partial charge is 0.361 e. The van der Waals surface area contributed by atoms with Gasteiger partial charge in [-0.2, -0.15) is 9.90 Å². The van der Waals surface area contributed by atoms with Crippen molar-refractivity contribution < 1.29 is 14.3 Å². The summed E-state index contributed by atoms with van der Waals surface area (Å²) in [6.45, 7) is 5.11. The Bertz CT molecular complexity index is 952. The third-order valence-corrected chi connectivity index (χ3v) is 4.11. The van der Waals surface area contributed by atoms with E-state index in [0.29, 0.717) is 5.69 Å². The number of para-hydroxylation sites is 2. The topological polar surface area (TPSA) is 77.3 Å². The standard InChI is InChI=1S/C21H22N4O3/c1-15(2)24(17-10-6-4-7-11-17)19(26)14-28-21(27)20-16(3)22-25(23-20)18-12-8-5-9-13-18/h4-13,15H,14H2,1-3H3. The van der Waals surface area contributed by atoms with Crippen molar-refractivity contribution in [3.05, 3.63) is 72.1 Å². The monoisotopic (exact) mass is 378 g/mol. The van der Waals surface area contributed by atoms with Gasteiger partial charge in [-0.15, -0.1) is 5.10 Å². The molecule has 1 aromatic heterocycles. The zero-order valence-corrected chi connectivity index (χ0v) is 16.1. The Hall–Kier alpha value is -3.48. The fourth-order valence-electron chi connectivity index (χ4n) is 2.83. The van der Waals surface area contributed by atoms with Crippen molar-refractivity contribution in [2.24, 2.45) is 0 Å². The molecule has 0 atom stereocenters. The molecule has 28 heavy (non-hydrogen) atoms. The Morgan fingerprint density at radius 1 is 1.00 bits per heavy atom. The molecule has 0 radical (unpaired) electrons. The minimum atomic E-state index is -0.676. The lowest BCUT2D eigenvalue weighted by atomic mass is 10.2. The van der Waals surface area contributed by atoms with Gasteiger partial charge in [0.15, 0.2) is 12.3 Å². The van der Waals surface area contributed by atoms with Crippen molar-refractivity contribution >= 4 is 17.6 Å². The quantitative estimate of drug-likeness (QED) is 0.616. The number of hydrogen-bond acceptors (Lipinski definition) is 5. The summed E-state index contributed by atoms with van der Waals surface area (Å²) < 4.78 is 5.23. The number of nitrogens with zero attached hydrogens (tertiary/aromatic N) is 4. The van der Waals surface area contributed by atoms with Crippen LogP contribution in [0.4, 0.5) is 5.69 Å². The van der Waals surface area contributed by atoms with E-state index in [9.17, 15) is 9.59 Å². The van der Waals surface area contributed by atoms with Crippen molar-refractivity contribution in [3.63, 3.8) is 0 Å². The predicted molar refractivity (Wildman–Crippen MR) is 105 cm³/mol. The number of anilines is 1. The van der Waals surface area contributed by atoms with Gasteiger partial charge >= 0.3 is 5.97 Å². The third kappa shape index (κ3) is 4.25. The molecule has 0 aliphatic carbocycles. The van der Waals surface area contributed by atoms with Crippen molar-refractivity contribution in [1.82, 2.24) is 15.0 Å². The largest absolute Gasteiger partial charge is 0.451 e. The highest BCUT2D eigenvalue weighted by molar-refractivity contribution is 5.97. The molecule has 0 N–H and O–H groups in total. The number of aryl methyl sites for hydroxylation is 1. The maximum Gasteiger partial charge on any atom is 0.361 e. The van der Waals surface area contributed by atoms with Gasteiger partial charge < -0.3 is 9.64 Å². The lowest BCUT2D eigenvalue weighted by Gasteiger charge is -2.26. The minimum Gasteiger partial charge on any atom is -0.451 e. The number of benzene rings is 2. The zero-order chi connectivity index (χ0) is 20.1. The molecule has 0 aliphatic rings. The summed E-state index contributed by atoms with van der Waals surface area (Å²) in [5, 5.41) is 8.45. The second-order valence-corrected chi connectivity index (χ2v) is 6.53. The second kappa shape index (κ2) is 8.47. The van der Waals surface area contributed by atoms with Crippen LogP contribution < -0.4 is 4.90 Å². The fourth-order valence-corrected chi connectivity index (χ4v) is 2.83. The average molecular weight is 378 g/mol.